The summed E-state index contributed by atoms with van der Waals surface area (Å²) in [5, 5.41) is 0. The van der Waals surface area contributed by atoms with Gasteiger partial charge in [0.1, 0.15) is 0 Å². The van der Waals surface area contributed by atoms with Crippen LogP contribution in [0.3, 0.4) is 0 Å². The molecule has 138 valence electrons. The quantitative estimate of drug-likeness (QED) is 0.353. The fourth-order valence-electron chi connectivity index (χ4n) is 1.64. The SMILES string of the molecule is COCCS(=O)c1ccc(Br)cc1.COCCSc1ccc(Br)cc1. The van der Waals surface area contributed by atoms with E-state index in [0.717, 1.165) is 26.2 Å². The van der Waals surface area contributed by atoms with Crippen molar-refractivity contribution in [2.24, 2.45) is 0 Å². The van der Waals surface area contributed by atoms with Crippen molar-refractivity contribution in [3.05, 3.63) is 57.5 Å². The Morgan fingerprint density at radius 1 is 0.880 bits per heavy atom. The van der Waals surface area contributed by atoms with Gasteiger partial charge in [-0.15, -0.1) is 11.8 Å². The minimum atomic E-state index is -0.937. The van der Waals surface area contributed by atoms with Gasteiger partial charge in [-0.05, 0) is 48.5 Å². The van der Waals surface area contributed by atoms with Crippen LogP contribution in [0.15, 0.2) is 67.3 Å². The summed E-state index contributed by atoms with van der Waals surface area (Å²) in [5.41, 5.74) is 0. The molecule has 0 aliphatic carbocycles. The molecule has 0 saturated carbocycles. The molecule has 1 unspecified atom stereocenters. The van der Waals surface area contributed by atoms with E-state index in [4.69, 9.17) is 9.47 Å². The van der Waals surface area contributed by atoms with Crippen LogP contribution in [0.25, 0.3) is 0 Å². The lowest BCUT2D eigenvalue weighted by molar-refractivity contribution is 0.218. The van der Waals surface area contributed by atoms with Gasteiger partial charge in [0, 0.05) is 38.7 Å². The number of rotatable bonds is 8. The molecule has 0 saturated heterocycles. The zero-order chi connectivity index (χ0) is 18.5. The average molecular weight is 510 g/mol. The second kappa shape index (κ2) is 13.9. The van der Waals surface area contributed by atoms with Crippen molar-refractivity contribution < 1.29 is 13.7 Å². The van der Waals surface area contributed by atoms with Crippen molar-refractivity contribution in [1.29, 1.82) is 0 Å². The zero-order valence-corrected chi connectivity index (χ0v) is 19.0. The van der Waals surface area contributed by atoms with Crippen molar-refractivity contribution >= 4 is 54.4 Å². The summed E-state index contributed by atoms with van der Waals surface area (Å²) < 4.78 is 23.5. The molecule has 0 heterocycles. The molecule has 0 radical (unpaired) electrons. The number of benzene rings is 2. The van der Waals surface area contributed by atoms with Crippen LogP contribution < -0.4 is 0 Å². The summed E-state index contributed by atoms with van der Waals surface area (Å²) in [4.78, 5) is 2.13. The molecule has 2 rings (SSSR count). The van der Waals surface area contributed by atoms with E-state index in [2.05, 4.69) is 56.1 Å². The molecule has 0 amide bonds. The van der Waals surface area contributed by atoms with Crippen LogP contribution >= 0.6 is 43.6 Å². The Morgan fingerprint density at radius 2 is 1.40 bits per heavy atom. The Kier molecular flexibility index (Phi) is 12.8. The predicted molar refractivity (Wildman–Crippen MR) is 114 cm³/mol. The Hall–Kier alpha value is -0.180. The van der Waals surface area contributed by atoms with Gasteiger partial charge in [0.2, 0.25) is 0 Å². The van der Waals surface area contributed by atoms with Gasteiger partial charge < -0.3 is 9.47 Å². The van der Waals surface area contributed by atoms with Gasteiger partial charge in [0.15, 0.2) is 0 Å². The molecule has 0 fully saturated rings. The number of hydrogen-bond acceptors (Lipinski definition) is 4. The lowest BCUT2D eigenvalue weighted by Gasteiger charge is -2.00. The summed E-state index contributed by atoms with van der Waals surface area (Å²) in [6.45, 7) is 1.34. The summed E-state index contributed by atoms with van der Waals surface area (Å²) in [5.74, 6) is 1.57. The fourth-order valence-corrected chi connectivity index (χ4v) is 3.97. The third kappa shape index (κ3) is 10.5. The average Bonchev–Trinajstić information content (AvgIpc) is 2.63. The first-order valence-corrected chi connectivity index (χ1v) is 11.5. The molecule has 25 heavy (non-hydrogen) atoms. The first kappa shape index (κ1) is 22.9. The first-order valence-electron chi connectivity index (χ1n) is 7.57. The molecule has 0 aromatic heterocycles. The molecule has 0 aliphatic heterocycles. The maximum absolute atomic E-state index is 11.5. The highest BCUT2D eigenvalue weighted by molar-refractivity contribution is 9.10. The highest BCUT2D eigenvalue weighted by Gasteiger charge is 2.02. The zero-order valence-electron chi connectivity index (χ0n) is 14.2. The van der Waals surface area contributed by atoms with Crippen molar-refractivity contribution in [1.82, 2.24) is 0 Å². The third-order valence-electron chi connectivity index (χ3n) is 2.92. The largest absolute Gasteiger partial charge is 0.384 e. The van der Waals surface area contributed by atoms with E-state index in [1.165, 1.54) is 4.90 Å². The van der Waals surface area contributed by atoms with Crippen LogP contribution in [0.4, 0.5) is 0 Å². The molecule has 0 spiro atoms. The van der Waals surface area contributed by atoms with Gasteiger partial charge in [0.05, 0.1) is 29.8 Å². The molecular formula is C18H22Br2O3S2. The number of halogens is 2. The maximum atomic E-state index is 11.5. The molecular weight excluding hydrogens is 488 g/mol. The van der Waals surface area contributed by atoms with Crippen molar-refractivity contribution in [3.8, 4) is 0 Å². The highest BCUT2D eigenvalue weighted by Crippen LogP contribution is 2.20. The molecule has 0 bridgehead atoms. The van der Waals surface area contributed by atoms with Crippen LogP contribution in [0.2, 0.25) is 0 Å². The summed E-state index contributed by atoms with van der Waals surface area (Å²) >= 11 is 8.52. The Morgan fingerprint density at radius 3 is 1.92 bits per heavy atom. The minimum absolute atomic E-state index is 0.530. The number of methoxy groups -OCH3 is 2. The van der Waals surface area contributed by atoms with E-state index in [1.54, 1.807) is 14.2 Å². The molecule has 0 N–H and O–H groups in total. The van der Waals surface area contributed by atoms with Gasteiger partial charge >= 0.3 is 0 Å². The van der Waals surface area contributed by atoms with Gasteiger partial charge in [-0.25, -0.2) is 0 Å². The highest BCUT2D eigenvalue weighted by atomic mass is 79.9. The lowest BCUT2D eigenvalue weighted by atomic mass is 10.4. The minimum Gasteiger partial charge on any atom is -0.384 e. The normalized spacial score (nSPS) is 11.5. The van der Waals surface area contributed by atoms with Gasteiger partial charge in [-0.2, -0.15) is 0 Å². The van der Waals surface area contributed by atoms with Crippen molar-refractivity contribution in [2.75, 3.05) is 38.9 Å². The number of hydrogen-bond donors (Lipinski definition) is 0. The van der Waals surface area contributed by atoms with E-state index < -0.39 is 10.8 Å². The third-order valence-corrected chi connectivity index (χ3v) is 6.29. The van der Waals surface area contributed by atoms with E-state index >= 15 is 0 Å². The van der Waals surface area contributed by atoms with Gasteiger partial charge in [-0.1, -0.05) is 31.9 Å². The Bertz CT molecular complexity index is 619. The summed E-state index contributed by atoms with van der Waals surface area (Å²) in [6.07, 6.45) is 0. The van der Waals surface area contributed by atoms with Crippen LogP contribution in [0.1, 0.15) is 0 Å². The van der Waals surface area contributed by atoms with Crippen LogP contribution in [-0.2, 0) is 20.3 Å². The standard InChI is InChI=1S/C9H11BrO2S.C9H11BrOS/c1-12-6-7-13(11)9-4-2-8(10)3-5-9;1-11-6-7-12-9-4-2-8(10)3-5-9/h2-5H,6-7H2,1H3;2-5H,6-7H2,1H3. The lowest BCUT2D eigenvalue weighted by Crippen LogP contribution is -2.04. The van der Waals surface area contributed by atoms with E-state index in [1.807, 2.05) is 36.0 Å². The van der Waals surface area contributed by atoms with Crippen LogP contribution in [-0.4, -0.2) is 43.1 Å². The second-order valence-corrected chi connectivity index (χ2v) is 9.36. The van der Waals surface area contributed by atoms with E-state index in [-0.39, 0.29) is 0 Å². The van der Waals surface area contributed by atoms with Crippen molar-refractivity contribution in [3.63, 3.8) is 0 Å². The predicted octanol–water partition coefficient (Wildman–Crippen LogP) is 5.39. The summed E-state index contributed by atoms with van der Waals surface area (Å²) in [6, 6.07) is 15.8. The number of thioether (sulfide) groups is 1. The fraction of sp³-hybridized carbons (Fsp3) is 0.333. The van der Waals surface area contributed by atoms with E-state index in [9.17, 15) is 4.21 Å². The molecule has 7 heteroatoms. The van der Waals surface area contributed by atoms with Crippen LogP contribution in [0.5, 0.6) is 0 Å². The Balaban J connectivity index is 0.000000251. The summed E-state index contributed by atoms with van der Waals surface area (Å²) in [7, 11) is 2.40. The molecule has 1 atom stereocenters. The van der Waals surface area contributed by atoms with Gasteiger partial charge in [0.25, 0.3) is 0 Å². The Labute approximate surface area is 173 Å². The first-order chi connectivity index (χ1) is 12.1. The molecule has 3 nitrogen and oxygen atoms in total. The molecule has 0 aliphatic rings. The monoisotopic (exact) mass is 508 g/mol. The smallest absolute Gasteiger partial charge is 0.0581 e. The van der Waals surface area contributed by atoms with Crippen LogP contribution in [0, 0.1) is 0 Å². The van der Waals surface area contributed by atoms with E-state index in [0.29, 0.717) is 12.4 Å². The van der Waals surface area contributed by atoms with Gasteiger partial charge in [-0.3, -0.25) is 4.21 Å². The van der Waals surface area contributed by atoms with Crippen molar-refractivity contribution in [2.45, 2.75) is 9.79 Å². The second-order valence-electron chi connectivity index (χ2n) is 4.79. The molecule has 2 aromatic carbocycles. The topological polar surface area (TPSA) is 35.5 Å². The maximum Gasteiger partial charge on any atom is 0.0581 e. The molecule has 2 aromatic rings. The number of ether oxygens (including phenoxy) is 2.